The molecular formula is C17H26NO2+. The largest absolute Gasteiger partial charge is 0.458 e. The van der Waals surface area contributed by atoms with E-state index in [0.717, 1.165) is 13.0 Å². The summed E-state index contributed by atoms with van der Waals surface area (Å²) in [5.41, 5.74) is 0.644. The van der Waals surface area contributed by atoms with Gasteiger partial charge in [0, 0.05) is 12.3 Å². The topological polar surface area (TPSA) is 30.7 Å². The second kappa shape index (κ2) is 6.40. The monoisotopic (exact) mass is 276 g/mol. The van der Waals surface area contributed by atoms with E-state index in [1.165, 1.54) is 0 Å². The van der Waals surface area contributed by atoms with Crippen molar-refractivity contribution in [3.05, 3.63) is 35.9 Å². The summed E-state index contributed by atoms with van der Waals surface area (Å²) in [7, 11) is 0. The molecule has 0 radical (unpaired) electrons. The second-order valence-electron chi connectivity index (χ2n) is 6.36. The van der Waals surface area contributed by atoms with Gasteiger partial charge in [-0.25, -0.2) is 4.79 Å². The van der Waals surface area contributed by atoms with Crippen molar-refractivity contribution in [3.63, 3.8) is 0 Å². The number of benzene rings is 1. The highest BCUT2D eigenvalue weighted by molar-refractivity contribution is 5.89. The number of carbonyl (C=O) groups is 1. The van der Waals surface area contributed by atoms with Gasteiger partial charge in [-0.2, -0.15) is 0 Å². The highest BCUT2D eigenvalue weighted by atomic mass is 16.5. The number of carbonyl (C=O) groups excluding carboxylic acids is 1. The van der Waals surface area contributed by atoms with Crippen LogP contribution in [0.1, 0.15) is 44.5 Å². The van der Waals surface area contributed by atoms with Gasteiger partial charge in [0.05, 0.1) is 24.2 Å². The number of quaternary nitrogens is 1. The van der Waals surface area contributed by atoms with Crippen molar-refractivity contribution in [3.8, 4) is 0 Å². The fourth-order valence-electron chi connectivity index (χ4n) is 3.19. The maximum Gasteiger partial charge on any atom is 0.338 e. The van der Waals surface area contributed by atoms with Crippen LogP contribution < -0.4 is 4.90 Å². The molecule has 1 aliphatic heterocycles. The molecule has 0 bridgehead atoms. The molecular weight excluding hydrogens is 250 g/mol. The van der Waals surface area contributed by atoms with E-state index in [-0.39, 0.29) is 12.1 Å². The Labute approximate surface area is 121 Å². The third-order valence-corrected chi connectivity index (χ3v) is 4.42. The van der Waals surface area contributed by atoms with Gasteiger partial charge in [-0.3, -0.25) is 0 Å². The number of likely N-dealkylation sites (tertiary alicyclic amines) is 1. The number of nitrogens with one attached hydrogen (secondary N) is 1. The average Bonchev–Trinajstić information content (AvgIpc) is 2.43. The van der Waals surface area contributed by atoms with Crippen molar-refractivity contribution in [2.45, 2.75) is 52.3 Å². The number of hydrogen-bond donors (Lipinski definition) is 1. The molecule has 1 aromatic rings. The molecule has 1 unspecified atom stereocenters. The second-order valence-corrected chi connectivity index (χ2v) is 6.36. The molecule has 4 atom stereocenters. The van der Waals surface area contributed by atoms with E-state index in [4.69, 9.17) is 4.74 Å². The molecule has 1 aromatic carbocycles. The summed E-state index contributed by atoms with van der Waals surface area (Å²) in [5.74, 6) is 0.221. The Kier molecular flexibility index (Phi) is 4.81. The summed E-state index contributed by atoms with van der Waals surface area (Å²) in [6, 6.07) is 10.4. The zero-order chi connectivity index (χ0) is 14.7. The summed E-state index contributed by atoms with van der Waals surface area (Å²) in [4.78, 5) is 13.8. The van der Waals surface area contributed by atoms with Crippen LogP contribution in [-0.2, 0) is 4.74 Å². The minimum atomic E-state index is -0.192. The Morgan fingerprint density at radius 3 is 2.50 bits per heavy atom. The molecule has 3 heteroatoms. The van der Waals surface area contributed by atoms with Crippen LogP contribution in [0.4, 0.5) is 0 Å². The third kappa shape index (κ3) is 3.40. The van der Waals surface area contributed by atoms with Crippen LogP contribution in [-0.4, -0.2) is 30.7 Å². The molecule has 2 rings (SSSR count). The van der Waals surface area contributed by atoms with E-state index in [9.17, 15) is 4.79 Å². The Hall–Kier alpha value is -1.35. The predicted octanol–water partition coefficient (Wildman–Crippen LogP) is 1.93. The zero-order valence-electron chi connectivity index (χ0n) is 12.9. The Balaban J connectivity index is 1.99. The lowest BCUT2D eigenvalue weighted by Crippen LogP contribution is -3.20. The lowest BCUT2D eigenvalue weighted by Gasteiger charge is -2.40. The van der Waals surface area contributed by atoms with Gasteiger partial charge in [0.25, 0.3) is 0 Å². The standard InChI is InChI=1S/C17H25NO2/c1-12(2)18-11-13(3)16(10-14(18)4)20-17(19)15-8-6-5-7-9-15/h5-9,12-14,16H,10-11H2,1-4H3/p+1/t13-,14+,16-/m1/s1. The predicted molar refractivity (Wildman–Crippen MR) is 79.9 cm³/mol. The van der Waals surface area contributed by atoms with E-state index < -0.39 is 0 Å². The fraction of sp³-hybridized carbons (Fsp3) is 0.588. The van der Waals surface area contributed by atoms with Crippen molar-refractivity contribution in [1.82, 2.24) is 0 Å². The van der Waals surface area contributed by atoms with Gasteiger partial charge >= 0.3 is 5.97 Å². The van der Waals surface area contributed by atoms with Crippen LogP contribution in [0.5, 0.6) is 0 Å². The Morgan fingerprint density at radius 2 is 1.90 bits per heavy atom. The maximum atomic E-state index is 12.2. The molecule has 0 spiro atoms. The lowest BCUT2D eigenvalue weighted by molar-refractivity contribution is -0.953. The van der Waals surface area contributed by atoms with Crippen molar-refractivity contribution < 1.29 is 14.4 Å². The van der Waals surface area contributed by atoms with Gasteiger partial charge in [-0.05, 0) is 32.9 Å². The smallest absolute Gasteiger partial charge is 0.338 e. The first kappa shape index (κ1) is 15.0. The Morgan fingerprint density at radius 1 is 1.25 bits per heavy atom. The average molecular weight is 276 g/mol. The maximum absolute atomic E-state index is 12.2. The molecule has 20 heavy (non-hydrogen) atoms. The number of piperidine rings is 1. The minimum Gasteiger partial charge on any atom is -0.458 e. The van der Waals surface area contributed by atoms with Gasteiger partial charge in [-0.15, -0.1) is 0 Å². The summed E-state index contributed by atoms with van der Waals surface area (Å²) in [5, 5.41) is 0. The first-order chi connectivity index (χ1) is 9.49. The van der Waals surface area contributed by atoms with Crippen molar-refractivity contribution in [2.75, 3.05) is 6.54 Å². The van der Waals surface area contributed by atoms with Gasteiger partial charge < -0.3 is 9.64 Å². The SMILES string of the molecule is CC(C)[NH+]1C[C@@H](C)[C@H](OC(=O)c2ccccc2)C[C@@H]1C. The van der Waals surface area contributed by atoms with Crippen LogP contribution in [0.3, 0.4) is 0 Å². The highest BCUT2D eigenvalue weighted by Crippen LogP contribution is 2.18. The van der Waals surface area contributed by atoms with Crippen molar-refractivity contribution >= 4 is 5.97 Å². The van der Waals surface area contributed by atoms with Crippen LogP contribution in [0, 0.1) is 5.92 Å². The highest BCUT2D eigenvalue weighted by Gasteiger charge is 2.37. The van der Waals surface area contributed by atoms with Crippen molar-refractivity contribution in [1.29, 1.82) is 0 Å². The molecule has 0 aromatic heterocycles. The number of hydrogen-bond acceptors (Lipinski definition) is 2. The number of esters is 1. The molecule has 1 fully saturated rings. The van der Waals surface area contributed by atoms with E-state index >= 15 is 0 Å². The van der Waals surface area contributed by atoms with E-state index in [2.05, 4.69) is 27.7 Å². The van der Waals surface area contributed by atoms with E-state index in [0.29, 0.717) is 23.6 Å². The molecule has 1 aliphatic rings. The first-order valence-electron chi connectivity index (χ1n) is 7.60. The normalized spacial score (nSPS) is 30.2. The van der Waals surface area contributed by atoms with Gasteiger partial charge in [0.2, 0.25) is 0 Å². The number of ether oxygens (including phenoxy) is 1. The molecule has 1 heterocycles. The zero-order valence-corrected chi connectivity index (χ0v) is 12.9. The van der Waals surface area contributed by atoms with Crippen molar-refractivity contribution in [2.24, 2.45) is 5.92 Å². The lowest BCUT2D eigenvalue weighted by atomic mass is 9.90. The number of rotatable bonds is 3. The quantitative estimate of drug-likeness (QED) is 0.855. The molecule has 0 amide bonds. The van der Waals surface area contributed by atoms with Crippen LogP contribution >= 0.6 is 0 Å². The summed E-state index contributed by atoms with van der Waals surface area (Å²) >= 11 is 0. The summed E-state index contributed by atoms with van der Waals surface area (Å²) < 4.78 is 5.74. The summed E-state index contributed by atoms with van der Waals surface area (Å²) in [6.07, 6.45) is 0.993. The summed E-state index contributed by atoms with van der Waals surface area (Å²) in [6.45, 7) is 10.0. The van der Waals surface area contributed by atoms with Gasteiger partial charge in [-0.1, -0.05) is 25.1 Å². The van der Waals surface area contributed by atoms with Crippen LogP contribution in [0.2, 0.25) is 0 Å². The van der Waals surface area contributed by atoms with Crippen LogP contribution in [0.15, 0.2) is 30.3 Å². The van der Waals surface area contributed by atoms with Crippen LogP contribution in [0.25, 0.3) is 0 Å². The third-order valence-electron chi connectivity index (χ3n) is 4.42. The minimum absolute atomic E-state index is 0.0419. The molecule has 0 saturated carbocycles. The van der Waals surface area contributed by atoms with E-state index in [1.54, 1.807) is 4.90 Å². The Bertz CT molecular complexity index is 444. The first-order valence-corrected chi connectivity index (χ1v) is 7.60. The van der Waals surface area contributed by atoms with Gasteiger partial charge in [0.15, 0.2) is 0 Å². The fourth-order valence-corrected chi connectivity index (χ4v) is 3.19. The van der Waals surface area contributed by atoms with Gasteiger partial charge in [0.1, 0.15) is 6.10 Å². The molecule has 1 saturated heterocycles. The van der Waals surface area contributed by atoms with E-state index in [1.807, 2.05) is 30.3 Å². The molecule has 0 aliphatic carbocycles. The molecule has 3 nitrogen and oxygen atoms in total. The molecule has 1 N–H and O–H groups in total. The molecule has 110 valence electrons.